The van der Waals surface area contributed by atoms with Crippen molar-refractivity contribution >= 4 is 51.0 Å². The van der Waals surface area contributed by atoms with Crippen molar-refractivity contribution in [3.05, 3.63) is 47.1 Å². The molecule has 0 saturated carbocycles. The van der Waals surface area contributed by atoms with Gasteiger partial charge in [0.05, 0.1) is 16.6 Å². The van der Waals surface area contributed by atoms with E-state index in [0.717, 1.165) is 17.2 Å². The molecule has 0 bridgehead atoms. The summed E-state index contributed by atoms with van der Waals surface area (Å²) in [7, 11) is 0. The van der Waals surface area contributed by atoms with E-state index in [1.54, 1.807) is 23.1 Å². The number of benzene rings is 1. The van der Waals surface area contributed by atoms with Gasteiger partial charge in [-0.25, -0.2) is 9.97 Å². The molecule has 1 fully saturated rings. The number of ether oxygens (including phenoxy) is 1. The van der Waals surface area contributed by atoms with Crippen LogP contribution < -0.4 is 15.4 Å². The summed E-state index contributed by atoms with van der Waals surface area (Å²) in [5.74, 6) is 0.110. The van der Waals surface area contributed by atoms with Gasteiger partial charge in [-0.3, -0.25) is 9.59 Å². The van der Waals surface area contributed by atoms with E-state index in [9.17, 15) is 9.59 Å². The summed E-state index contributed by atoms with van der Waals surface area (Å²) in [6, 6.07) is 8.50. The summed E-state index contributed by atoms with van der Waals surface area (Å²) in [5, 5.41) is 7.90. The van der Waals surface area contributed by atoms with E-state index in [1.165, 1.54) is 6.07 Å². The molecule has 2 aliphatic heterocycles. The molecule has 0 unspecified atom stereocenters. The number of anilines is 1. The Labute approximate surface area is 198 Å². The van der Waals surface area contributed by atoms with E-state index in [1.807, 2.05) is 13.0 Å². The van der Waals surface area contributed by atoms with Crippen LogP contribution in [-0.2, 0) is 0 Å². The van der Waals surface area contributed by atoms with Crippen LogP contribution in [0.1, 0.15) is 34.5 Å². The number of nitrogens with one attached hydrogen (secondary N) is 2. The number of fused-ring (bicyclic) bond motifs is 5. The fraction of sp³-hybridized carbons (Fsp3) is 0.261. The molecule has 5 heterocycles. The maximum atomic E-state index is 12.5. The van der Waals surface area contributed by atoms with Gasteiger partial charge in [-0.2, -0.15) is 4.98 Å². The van der Waals surface area contributed by atoms with Crippen molar-refractivity contribution in [2.24, 2.45) is 0 Å². The van der Waals surface area contributed by atoms with Gasteiger partial charge < -0.3 is 24.7 Å². The molecule has 4 aromatic rings. The first-order chi connectivity index (χ1) is 16.5. The zero-order valence-electron chi connectivity index (χ0n) is 18.1. The van der Waals surface area contributed by atoms with E-state index < -0.39 is 0 Å². The van der Waals surface area contributed by atoms with Crippen LogP contribution in [0.2, 0.25) is 5.15 Å². The second kappa shape index (κ2) is 7.84. The molecule has 3 aromatic heterocycles. The summed E-state index contributed by atoms with van der Waals surface area (Å²) < 4.78 is 11.7. The highest BCUT2D eigenvalue weighted by Gasteiger charge is 2.27. The summed E-state index contributed by atoms with van der Waals surface area (Å²) in [5.41, 5.74) is 1.88. The summed E-state index contributed by atoms with van der Waals surface area (Å²) in [4.78, 5) is 39.5. The smallest absolute Gasteiger partial charge is 0.291 e. The van der Waals surface area contributed by atoms with Crippen LogP contribution in [-0.4, -0.2) is 57.3 Å². The predicted octanol–water partition coefficient (Wildman–Crippen LogP) is 3.61. The maximum absolute atomic E-state index is 12.5. The van der Waals surface area contributed by atoms with E-state index in [2.05, 4.69) is 25.6 Å². The maximum Gasteiger partial charge on any atom is 0.291 e. The zero-order valence-corrected chi connectivity index (χ0v) is 18.8. The van der Waals surface area contributed by atoms with Gasteiger partial charge in [-0.1, -0.05) is 11.6 Å². The molecule has 11 heteroatoms. The zero-order chi connectivity index (χ0) is 23.4. The minimum atomic E-state index is -0.279. The Morgan fingerprint density at radius 3 is 2.82 bits per heavy atom. The number of nitrogens with zero attached hydrogens (tertiary/aromatic N) is 4. The van der Waals surface area contributed by atoms with Crippen LogP contribution in [0.4, 0.5) is 5.69 Å². The molecule has 6 rings (SSSR count). The summed E-state index contributed by atoms with van der Waals surface area (Å²) >= 11 is 6.10. The molecule has 2 aliphatic rings. The number of furan rings is 1. The Balaban J connectivity index is 1.36. The van der Waals surface area contributed by atoms with Gasteiger partial charge in [0.25, 0.3) is 11.8 Å². The molecule has 2 amide bonds. The van der Waals surface area contributed by atoms with Gasteiger partial charge in [0, 0.05) is 43.2 Å². The molecule has 1 saturated heterocycles. The van der Waals surface area contributed by atoms with Crippen molar-refractivity contribution in [3.8, 4) is 11.8 Å². The van der Waals surface area contributed by atoms with Gasteiger partial charge in [-0.05, 0) is 31.5 Å². The Kier molecular flexibility index (Phi) is 4.77. The Bertz CT molecular complexity index is 1480. The van der Waals surface area contributed by atoms with Gasteiger partial charge in [-0.15, -0.1) is 0 Å². The van der Waals surface area contributed by atoms with Gasteiger partial charge in [0.15, 0.2) is 0 Å². The van der Waals surface area contributed by atoms with Crippen molar-refractivity contribution < 1.29 is 18.7 Å². The predicted molar refractivity (Wildman–Crippen MR) is 125 cm³/mol. The first-order valence-electron chi connectivity index (χ1n) is 10.9. The molecule has 0 aliphatic carbocycles. The van der Waals surface area contributed by atoms with Crippen molar-refractivity contribution in [2.75, 3.05) is 25.0 Å². The number of halogens is 1. The third-order valence-electron chi connectivity index (χ3n) is 5.88. The molecule has 0 spiro atoms. The molecule has 34 heavy (non-hydrogen) atoms. The Morgan fingerprint density at radius 1 is 1.18 bits per heavy atom. The number of pyridine rings is 1. The number of likely N-dealkylation sites (tertiary alicyclic amines) is 1. The van der Waals surface area contributed by atoms with Gasteiger partial charge in [0.1, 0.15) is 10.7 Å². The van der Waals surface area contributed by atoms with E-state index >= 15 is 0 Å². The molecule has 10 nitrogen and oxygen atoms in total. The topological polar surface area (TPSA) is 122 Å². The standard InChI is InChI=1S/C23H19ClN6O4/c1-11-10-25-19-18-12-3-6-16(27-13(12)4-5-14(18)33-20(19)22(31)26-11)34-17-9-15(24)28-21(29-17)23(32)30-7-2-8-30/h3-6,9,11,25H,2,7-8,10H2,1H3,(H,26,31)/t11-/m1/s1. The second-order valence-corrected chi connectivity index (χ2v) is 8.70. The molecule has 172 valence electrons. The van der Waals surface area contributed by atoms with Crippen molar-refractivity contribution in [1.82, 2.24) is 25.2 Å². The van der Waals surface area contributed by atoms with Crippen LogP contribution in [0.5, 0.6) is 11.8 Å². The van der Waals surface area contributed by atoms with Crippen molar-refractivity contribution in [2.45, 2.75) is 19.4 Å². The van der Waals surface area contributed by atoms with E-state index in [0.29, 0.717) is 36.4 Å². The van der Waals surface area contributed by atoms with E-state index in [4.69, 9.17) is 20.8 Å². The number of carbonyl (C=O) groups excluding carboxylic acids is 2. The van der Waals surface area contributed by atoms with Gasteiger partial charge in [0.2, 0.25) is 23.3 Å². The molecular formula is C23H19ClN6O4. The lowest BCUT2D eigenvalue weighted by Crippen LogP contribution is -2.42. The lowest BCUT2D eigenvalue weighted by atomic mass is 10.1. The number of hydrogen-bond donors (Lipinski definition) is 2. The second-order valence-electron chi connectivity index (χ2n) is 8.32. The number of carbonyl (C=O) groups is 2. The largest absolute Gasteiger partial charge is 0.449 e. The highest BCUT2D eigenvalue weighted by atomic mass is 35.5. The summed E-state index contributed by atoms with van der Waals surface area (Å²) in [6.07, 6.45) is 0.961. The number of rotatable bonds is 3. The Morgan fingerprint density at radius 2 is 2.03 bits per heavy atom. The number of amides is 2. The third-order valence-corrected chi connectivity index (χ3v) is 6.07. The van der Waals surface area contributed by atoms with E-state index in [-0.39, 0.29) is 46.4 Å². The summed E-state index contributed by atoms with van der Waals surface area (Å²) in [6.45, 7) is 3.85. The highest BCUT2D eigenvalue weighted by Crippen LogP contribution is 2.37. The minimum absolute atomic E-state index is 0.00985. The fourth-order valence-corrected chi connectivity index (χ4v) is 4.25. The van der Waals surface area contributed by atoms with Crippen LogP contribution in [0.3, 0.4) is 0 Å². The molecule has 1 atom stereocenters. The Hall–Kier alpha value is -3.92. The van der Waals surface area contributed by atoms with Crippen LogP contribution in [0.25, 0.3) is 21.9 Å². The molecule has 2 N–H and O–H groups in total. The average molecular weight is 479 g/mol. The first-order valence-corrected chi connectivity index (χ1v) is 11.3. The van der Waals surface area contributed by atoms with Gasteiger partial charge >= 0.3 is 0 Å². The molecule has 0 radical (unpaired) electrons. The lowest BCUT2D eigenvalue weighted by Gasteiger charge is -2.30. The van der Waals surface area contributed by atoms with Crippen LogP contribution in [0.15, 0.2) is 34.7 Å². The van der Waals surface area contributed by atoms with Crippen LogP contribution >= 0.6 is 11.6 Å². The van der Waals surface area contributed by atoms with Crippen LogP contribution in [0, 0.1) is 0 Å². The number of hydrogen-bond acceptors (Lipinski definition) is 8. The minimum Gasteiger partial charge on any atom is -0.449 e. The highest BCUT2D eigenvalue weighted by molar-refractivity contribution is 6.29. The quantitative estimate of drug-likeness (QED) is 0.428. The number of aromatic nitrogens is 3. The fourth-order valence-electron chi connectivity index (χ4n) is 4.08. The monoisotopic (exact) mass is 478 g/mol. The van der Waals surface area contributed by atoms with Crippen molar-refractivity contribution in [3.63, 3.8) is 0 Å². The normalized spacial score (nSPS) is 17.5. The lowest BCUT2D eigenvalue weighted by molar-refractivity contribution is 0.0637. The molecular weight excluding hydrogens is 460 g/mol. The first kappa shape index (κ1) is 20.7. The molecule has 1 aromatic carbocycles. The van der Waals surface area contributed by atoms with Crippen molar-refractivity contribution in [1.29, 1.82) is 0 Å². The third kappa shape index (κ3) is 3.47. The SMILES string of the molecule is C[C@@H]1CNc2c(oc3ccc4nc(Oc5cc(Cl)nc(C(=O)N6CCC6)n5)ccc4c23)C(=O)N1. The average Bonchev–Trinajstić information content (AvgIpc) is 3.08.